The van der Waals surface area contributed by atoms with Crippen molar-refractivity contribution in [3.8, 4) is 0 Å². The molecule has 1 N–H and O–H groups in total. The summed E-state index contributed by atoms with van der Waals surface area (Å²) in [4.78, 5) is 0. The average molecular weight is 247 g/mol. The fourth-order valence-corrected chi connectivity index (χ4v) is 2.35. The summed E-state index contributed by atoms with van der Waals surface area (Å²) < 4.78 is 24.0. The molecule has 87 valence electrons. The Balaban J connectivity index is 2.56. The summed E-state index contributed by atoms with van der Waals surface area (Å²) in [5.74, 6) is 0. The van der Waals surface area contributed by atoms with Gasteiger partial charge in [-0.05, 0) is 24.3 Å². The molecule has 0 aromatic heterocycles. The summed E-state index contributed by atoms with van der Waals surface area (Å²) in [7, 11) is -4.09. The first-order chi connectivity index (χ1) is 8.09. The van der Waals surface area contributed by atoms with Gasteiger partial charge >= 0.3 is 10.2 Å². The molecule has 0 bridgehead atoms. The molecule has 0 atom stereocenters. The highest BCUT2D eigenvalue weighted by atomic mass is 32.2. The van der Waals surface area contributed by atoms with Gasteiger partial charge in [0.1, 0.15) is 0 Å². The lowest BCUT2D eigenvalue weighted by atomic mass is 10.3. The molecule has 0 aliphatic carbocycles. The predicted molar refractivity (Wildman–Crippen MR) is 67.0 cm³/mol. The van der Waals surface area contributed by atoms with Gasteiger partial charge in [0.25, 0.3) is 0 Å². The number of rotatable bonds is 3. The second kappa shape index (κ2) is 4.57. The van der Waals surface area contributed by atoms with Gasteiger partial charge in [-0.2, -0.15) is 8.42 Å². The molecule has 2 aromatic carbocycles. The van der Waals surface area contributed by atoms with Crippen molar-refractivity contribution in [2.45, 2.75) is 0 Å². The van der Waals surface area contributed by atoms with Crippen molar-refractivity contribution in [2.24, 2.45) is 0 Å². The van der Waals surface area contributed by atoms with Crippen LogP contribution in [0.2, 0.25) is 0 Å². The van der Waals surface area contributed by atoms with Crippen molar-refractivity contribution in [1.82, 2.24) is 5.14 Å². The quantitative estimate of drug-likeness (QED) is 0.835. The van der Waals surface area contributed by atoms with Gasteiger partial charge in [0, 0.05) is 0 Å². The van der Waals surface area contributed by atoms with E-state index in [1.807, 2.05) is 0 Å². The molecule has 0 spiro atoms. The molecule has 0 amide bonds. The molecule has 0 saturated heterocycles. The molecule has 0 aliphatic heterocycles. The van der Waals surface area contributed by atoms with Crippen LogP contribution in [0.4, 0.5) is 11.4 Å². The van der Waals surface area contributed by atoms with E-state index in [4.69, 9.17) is 5.14 Å². The van der Waals surface area contributed by atoms with Gasteiger partial charge in [0.05, 0.1) is 11.4 Å². The Labute approximate surface area is 100 Å². The van der Waals surface area contributed by atoms with Gasteiger partial charge in [0.15, 0.2) is 0 Å². The minimum absolute atomic E-state index is 0.453. The van der Waals surface area contributed by atoms with E-state index in [0.717, 1.165) is 4.31 Å². The average Bonchev–Trinajstić information content (AvgIpc) is 2.30. The molecular formula is C12H11N2O2S. The zero-order valence-electron chi connectivity index (χ0n) is 8.95. The minimum Gasteiger partial charge on any atom is -0.225 e. The van der Waals surface area contributed by atoms with Crippen LogP contribution in [0.25, 0.3) is 0 Å². The van der Waals surface area contributed by atoms with Gasteiger partial charge in [-0.3, -0.25) is 0 Å². The van der Waals surface area contributed by atoms with E-state index < -0.39 is 10.2 Å². The zero-order chi connectivity index (χ0) is 12.3. The van der Waals surface area contributed by atoms with Crippen molar-refractivity contribution >= 4 is 21.6 Å². The summed E-state index contributed by atoms with van der Waals surface area (Å²) >= 11 is 0. The van der Waals surface area contributed by atoms with Crippen LogP contribution in [0.15, 0.2) is 60.7 Å². The summed E-state index contributed by atoms with van der Waals surface area (Å²) in [5.41, 5.74) is 0.905. The van der Waals surface area contributed by atoms with Crippen molar-refractivity contribution < 1.29 is 8.42 Å². The van der Waals surface area contributed by atoms with Gasteiger partial charge in [-0.15, -0.1) is 5.14 Å². The third-order valence-corrected chi connectivity index (χ3v) is 3.12. The highest BCUT2D eigenvalue weighted by Gasteiger charge is 2.20. The van der Waals surface area contributed by atoms with Crippen LogP contribution >= 0.6 is 0 Å². The molecule has 4 nitrogen and oxygen atoms in total. The Morgan fingerprint density at radius 3 is 1.41 bits per heavy atom. The highest BCUT2D eigenvalue weighted by Crippen LogP contribution is 2.26. The summed E-state index contributed by atoms with van der Waals surface area (Å²) in [6.45, 7) is 0. The first kappa shape index (κ1) is 11.6. The van der Waals surface area contributed by atoms with Gasteiger partial charge < -0.3 is 0 Å². The Morgan fingerprint density at radius 2 is 1.12 bits per heavy atom. The Morgan fingerprint density at radius 1 is 0.765 bits per heavy atom. The Bertz CT molecular complexity index is 543. The van der Waals surface area contributed by atoms with Crippen LogP contribution in [0.3, 0.4) is 0 Å². The van der Waals surface area contributed by atoms with Crippen LogP contribution in [0.5, 0.6) is 0 Å². The number of hydrogen-bond acceptors (Lipinski definition) is 2. The molecule has 0 saturated carbocycles. The molecule has 0 heterocycles. The largest absolute Gasteiger partial charge is 0.319 e. The van der Waals surface area contributed by atoms with Gasteiger partial charge in [0.2, 0.25) is 0 Å². The van der Waals surface area contributed by atoms with Gasteiger partial charge in [-0.25, -0.2) is 4.31 Å². The van der Waals surface area contributed by atoms with Crippen LogP contribution in [-0.2, 0) is 10.2 Å². The van der Waals surface area contributed by atoms with Gasteiger partial charge in [-0.1, -0.05) is 36.4 Å². The van der Waals surface area contributed by atoms with Crippen molar-refractivity contribution in [3.63, 3.8) is 0 Å². The monoisotopic (exact) mass is 247 g/mol. The number of anilines is 2. The zero-order valence-corrected chi connectivity index (χ0v) is 9.76. The molecule has 17 heavy (non-hydrogen) atoms. The maximum atomic E-state index is 11.5. The fraction of sp³-hybridized carbons (Fsp3) is 0. The predicted octanol–water partition coefficient (Wildman–Crippen LogP) is 2.35. The van der Waals surface area contributed by atoms with Crippen molar-refractivity contribution in [3.05, 3.63) is 60.7 Å². The number of benzene rings is 2. The lowest BCUT2D eigenvalue weighted by Gasteiger charge is -2.21. The van der Waals surface area contributed by atoms with E-state index >= 15 is 0 Å². The number of nitrogens with one attached hydrogen (secondary N) is 1. The maximum Gasteiger partial charge on any atom is 0.319 e. The second-order valence-corrected chi connectivity index (χ2v) is 4.76. The first-order valence-electron chi connectivity index (χ1n) is 4.99. The topological polar surface area (TPSA) is 61.2 Å². The van der Waals surface area contributed by atoms with Crippen LogP contribution in [0.1, 0.15) is 0 Å². The number of para-hydroxylation sites is 2. The van der Waals surface area contributed by atoms with E-state index in [0.29, 0.717) is 11.4 Å². The molecule has 0 aliphatic rings. The SMILES string of the molecule is [NH]S(=O)(=O)N(c1ccccc1)c1ccccc1. The van der Waals surface area contributed by atoms with Crippen LogP contribution in [-0.4, -0.2) is 8.42 Å². The van der Waals surface area contributed by atoms with E-state index in [-0.39, 0.29) is 0 Å². The Hall–Kier alpha value is -1.85. The summed E-state index contributed by atoms with van der Waals surface area (Å²) in [6, 6.07) is 17.1. The molecular weight excluding hydrogens is 236 g/mol. The van der Waals surface area contributed by atoms with Crippen molar-refractivity contribution in [2.75, 3.05) is 4.31 Å². The second-order valence-electron chi connectivity index (χ2n) is 3.44. The normalized spacial score (nSPS) is 11.1. The molecule has 0 unspecified atom stereocenters. The highest BCUT2D eigenvalue weighted by molar-refractivity contribution is 7.90. The standard InChI is InChI=1S/C12H11N2O2S/c13-17(15,16)14(11-7-3-1-4-8-11)12-9-5-2-6-10-12/h1-10,13H. The van der Waals surface area contributed by atoms with E-state index in [1.165, 1.54) is 0 Å². The summed E-state index contributed by atoms with van der Waals surface area (Å²) in [6.07, 6.45) is 0. The molecule has 0 fully saturated rings. The smallest absolute Gasteiger partial charge is 0.225 e. The maximum absolute atomic E-state index is 11.5. The van der Waals surface area contributed by atoms with E-state index in [9.17, 15) is 8.42 Å². The number of hydrogen-bond donors (Lipinski definition) is 0. The van der Waals surface area contributed by atoms with Crippen LogP contribution < -0.4 is 9.44 Å². The van der Waals surface area contributed by atoms with E-state index in [1.54, 1.807) is 60.7 Å². The first-order valence-corrected chi connectivity index (χ1v) is 6.43. The molecule has 5 heteroatoms. The minimum atomic E-state index is -4.09. The fourth-order valence-electron chi connectivity index (χ4n) is 1.55. The third kappa shape index (κ3) is 2.64. The molecule has 2 aromatic rings. The molecule has 2 rings (SSSR count). The lowest BCUT2D eigenvalue weighted by molar-refractivity contribution is 0.596. The lowest BCUT2D eigenvalue weighted by Crippen LogP contribution is -2.26. The Kier molecular flexibility index (Phi) is 3.12. The third-order valence-electron chi connectivity index (χ3n) is 2.22. The van der Waals surface area contributed by atoms with E-state index in [2.05, 4.69) is 0 Å². The molecule has 1 radical (unpaired) electrons. The van der Waals surface area contributed by atoms with Crippen LogP contribution in [0, 0.1) is 0 Å². The summed E-state index contributed by atoms with van der Waals surface area (Å²) in [5, 5.41) is 7.26. The van der Waals surface area contributed by atoms with Crippen molar-refractivity contribution in [1.29, 1.82) is 0 Å². The number of nitrogens with zero attached hydrogens (tertiary/aromatic N) is 1.